The molecule has 0 amide bonds. The molecule has 132 valence electrons. The van der Waals surface area contributed by atoms with Gasteiger partial charge in [0.05, 0.1) is 11.4 Å². The second-order valence-corrected chi connectivity index (χ2v) is 5.70. The Balaban J connectivity index is 3.09. The Kier molecular flexibility index (Phi) is 6.70. The van der Waals surface area contributed by atoms with Crippen molar-refractivity contribution in [2.75, 3.05) is 6.54 Å². The minimum absolute atomic E-state index is 0.458. The Morgan fingerprint density at radius 1 is 1.21 bits per heavy atom. The van der Waals surface area contributed by atoms with Crippen molar-refractivity contribution >= 4 is 0 Å². The van der Waals surface area contributed by atoms with Gasteiger partial charge in [-0.25, -0.2) is 0 Å². The maximum Gasteiger partial charge on any atom is 0.405 e. The maximum atomic E-state index is 12.5. The summed E-state index contributed by atoms with van der Waals surface area (Å²) < 4.78 is 37.6. The standard InChI is InChI=1S/C19H25F3N2/c1-7-9-16-14(6)17(18(16)23-11-19(20,21)22)24-15(8-2)10-13(5)12(3)4/h8-10,23-24H,3,6-7,11H2,1-2,4-5H3/b13-10-,15-8+,16-9-. The topological polar surface area (TPSA) is 24.1 Å². The van der Waals surface area contributed by atoms with Crippen LogP contribution in [0.2, 0.25) is 0 Å². The predicted molar refractivity (Wildman–Crippen MR) is 94.1 cm³/mol. The summed E-state index contributed by atoms with van der Waals surface area (Å²) in [5.41, 5.74) is 5.21. The molecule has 0 unspecified atom stereocenters. The summed E-state index contributed by atoms with van der Waals surface area (Å²) in [6.07, 6.45) is 2.09. The Bertz CT molecular complexity index is 644. The largest absolute Gasteiger partial charge is 0.405 e. The molecule has 0 aromatic rings. The average molecular weight is 338 g/mol. The molecule has 0 atom stereocenters. The van der Waals surface area contributed by atoms with Crippen molar-refractivity contribution in [3.63, 3.8) is 0 Å². The van der Waals surface area contributed by atoms with E-state index in [9.17, 15) is 13.2 Å². The van der Waals surface area contributed by atoms with E-state index in [0.717, 1.165) is 28.8 Å². The van der Waals surface area contributed by atoms with Crippen LogP contribution in [-0.2, 0) is 0 Å². The minimum atomic E-state index is -4.27. The first kappa shape index (κ1) is 19.9. The average Bonchev–Trinajstić information content (AvgIpc) is 2.49. The molecule has 2 N–H and O–H groups in total. The first-order valence-corrected chi connectivity index (χ1v) is 7.83. The van der Waals surface area contributed by atoms with E-state index >= 15 is 0 Å². The second-order valence-electron chi connectivity index (χ2n) is 5.70. The van der Waals surface area contributed by atoms with Crippen molar-refractivity contribution in [2.45, 2.75) is 40.3 Å². The van der Waals surface area contributed by atoms with E-state index in [2.05, 4.69) is 23.8 Å². The predicted octanol–water partition coefficient (Wildman–Crippen LogP) is 5.27. The van der Waals surface area contributed by atoms with Gasteiger partial charge in [0.2, 0.25) is 0 Å². The van der Waals surface area contributed by atoms with Crippen molar-refractivity contribution in [3.8, 4) is 0 Å². The van der Waals surface area contributed by atoms with Crippen LogP contribution in [0.3, 0.4) is 0 Å². The molecule has 1 rings (SSSR count). The van der Waals surface area contributed by atoms with Crippen LogP contribution in [-0.4, -0.2) is 12.7 Å². The van der Waals surface area contributed by atoms with Crippen LogP contribution in [0.5, 0.6) is 0 Å². The van der Waals surface area contributed by atoms with E-state index < -0.39 is 12.7 Å². The lowest BCUT2D eigenvalue weighted by Crippen LogP contribution is -2.37. The number of allylic oxidation sites excluding steroid dienone is 7. The molecular formula is C19H25F3N2. The third-order valence-electron chi connectivity index (χ3n) is 3.65. The molecule has 0 aliphatic heterocycles. The first-order valence-electron chi connectivity index (χ1n) is 7.83. The van der Waals surface area contributed by atoms with Gasteiger partial charge in [0.25, 0.3) is 0 Å². The molecule has 1 aliphatic carbocycles. The normalized spacial score (nSPS) is 18.0. The zero-order chi connectivity index (χ0) is 18.5. The second kappa shape index (κ2) is 8.08. The summed E-state index contributed by atoms with van der Waals surface area (Å²) in [5, 5.41) is 5.64. The van der Waals surface area contributed by atoms with Gasteiger partial charge in [-0.2, -0.15) is 13.2 Å². The highest BCUT2D eigenvalue weighted by Gasteiger charge is 2.33. The molecule has 0 saturated heterocycles. The lowest BCUT2D eigenvalue weighted by molar-refractivity contribution is -0.123. The molecule has 0 spiro atoms. The van der Waals surface area contributed by atoms with E-state index in [0.29, 0.717) is 17.0 Å². The SMILES string of the molecule is C=C(C)/C(C)=C\C(=C/C)NC1=C(NCC(F)(F)F)/C(=C\CC)C1=C. The molecule has 0 radical (unpaired) electrons. The van der Waals surface area contributed by atoms with Crippen LogP contribution in [0.4, 0.5) is 13.2 Å². The fourth-order valence-corrected chi connectivity index (χ4v) is 2.14. The van der Waals surface area contributed by atoms with Crippen molar-refractivity contribution in [1.29, 1.82) is 0 Å². The van der Waals surface area contributed by atoms with E-state index in [1.807, 2.05) is 45.9 Å². The molecule has 0 fully saturated rings. The Morgan fingerprint density at radius 3 is 2.29 bits per heavy atom. The fraction of sp³-hybridized carbons (Fsp3) is 0.368. The summed E-state index contributed by atoms with van der Waals surface area (Å²) >= 11 is 0. The van der Waals surface area contributed by atoms with Gasteiger partial charge in [0, 0.05) is 16.8 Å². The van der Waals surface area contributed by atoms with Crippen molar-refractivity contribution in [3.05, 3.63) is 70.8 Å². The third-order valence-corrected chi connectivity index (χ3v) is 3.65. The van der Waals surface area contributed by atoms with Gasteiger partial charge in [-0.1, -0.05) is 37.8 Å². The molecular weight excluding hydrogens is 313 g/mol. The summed E-state index contributed by atoms with van der Waals surface area (Å²) in [5.74, 6) is 0. The molecule has 0 heterocycles. The highest BCUT2D eigenvalue weighted by Crippen LogP contribution is 2.36. The van der Waals surface area contributed by atoms with Crippen LogP contribution in [0.25, 0.3) is 0 Å². The number of halogens is 3. The first-order chi connectivity index (χ1) is 11.1. The number of hydrogen-bond donors (Lipinski definition) is 2. The van der Waals surface area contributed by atoms with Crippen LogP contribution in [0.1, 0.15) is 34.1 Å². The van der Waals surface area contributed by atoms with Crippen LogP contribution >= 0.6 is 0 Å². The number of rotatable bonds is 7. The highest BCUT2D eigenvalue weighted by atomic mass is 19.4. The highest BCUT2D eigenvalue weighted by molar-refractivity contribution is 5.68. The van der Waals surface area contributed by atoms with Crippen LogP contribution in [0.15, 0.2) is 70.8 Å². The van der Waals surface area contributed by atoms with Crippen LogP contribution < -0.4 is 10.6 Å². The van der Waals surface area contributed by atoms with E-state index in [4.69, 9.17) is 0 Å². The molecule has 24 heavy (non-hydrogen) atoms. The Morgan fingerprint density at radius 2 is 1.83 bits per heavy atom. The molecule has 0 saturated carbocycles. The summed E-state index contributed by atoms with van der Waals surface area (Å²) in [6, 6.07) is 0. The molecule has 0 aromatic heterocycles. The molecule has 0 bridgehead atoms. The van der Waals surface area contributed by atoms with Crippen molar-refractivity contribution in [2.24, 2.45) is 0 Å². The molecule has 2 nitrogen and oxygen atoms in total. The van der Waals surface area contributed by atoms with Crippen molar-refractivity contribution in [1.82, 2.24) is 10.6 Å². The van der Waals surface area contributed by atoms with E-state index in [-0.39, 0.29) is 0 Å². The monoisotopic (exact) mass is 338 g/mol. The van der Waals surface area contributed by atoms with E-state index in [1.165, 1.54) is 0 Å². The minimum Gasteiger partial charge on any atom is -0.374 e. The number of hydrogen-bond acceptors (Lipinski definition) is 2. The Labute approximate surface area is 142 Å². The number of alkyl halides is 3. The Hall–Kier alpha value is -2.17. The lowest BCUT2D eigenvalue weighted by atomic mass is 9.86. The fourth-order valence-electron chi connectivity index (χ4n) is 2.14. The van der Waals surface area contributed by atoms with Gasteiger partial charge in [-0.05, 0) is 38.8 Å². The van der Waals surface area contributed by atoms with Gasteiger partial charge in [0.15, 0.2) is 0 Å². The zero-order valence-electron chi connectivity index (χ0n) is 14.7. The summed E-state index contributed by atoms with van der Waals surface area (Å²) in [7, 11) is 0. The van der Waals surface area contributed by atoms with Crippen LogP contribution in [0, 0.1) is 0 Å². The summed E-state index contributed by atoms with van der Waals surface area (Å²) in [4.78, 5) is 0. The van der Waals surface area contributed by atoms with Gasteiger partial charge in [-0.3, -0.25) is 0 Å². The maximum absolute atomic E-state index is 12.5. The van der Waals surface area contributed by atoms with Gasteiger partial charge in [0.1, 0.15) is 6.54 Å². The zero-order valence-corrected chi connectivity index (χ0v) is 14.7. The summed E-state index contributed by atoms with van der Waals surface area (Å²) in [6.45, 7) is 14.4. The third kappa shape index (κ3) is 5.18. The molecule has 1 aliphatic rings. The lowest BCUT2D eigenvalue weighted by Gasteiger charge is -2.32. The van der Waals surface area contributed by atoms with Crippen molar-refractivity contribution < 1.29 is 13.2 Å². The smallest absolute Gasteiger partial charge is 0.374 e. The van der Waals surface area contributed by atoms with Gasteiger partial charge < -0.3 is 10.6 Å². The van der Waals surface area contributed by atoms with E-state index in [1.54, 1.807) is 0 Å². The molecule has 5 heteroatoms. The number of nitrogens with one attached hydrogen (secondary N) is 2. The quantitative estimate of drug-likeness (QED) is 0.618. The van der Waals surface area contributed by atoms with Gasteiger partial charge >= 0.3 is 6.18 Å². The molecule has 0 aromatic carbocycles. The van der Waals surface area contributed by atoms with Gasteiger partial charge in [-0.15, -0.1) is 0 Å².